The number of nitrogens with one attached hydrogen (secondary N) is 2. The fourth-order valence-corrected chi connectivity index (χ4v) is 3.46. The molecule has 0 atom stereocenters. The van der Waals surface area contributed by atoms with Gasteiger partial charge in [-0.05, 0) is 70.0 Å². The van der Waals surface area contributed by atoms with Crippen LogP contribution in [0, 0.1) is 25.5 Å². The maximum Gasteiger partial charge on any atom is 0.192 e. The molecule has 2 N–H and O–H groups in total. The number of rotatable bonds is 0. The van der Waals surface area contributed by atoms with E-state index in [2.05, 4.69) is 41.8 Å². The Balaban J connectivity index is 0.000000161. The zero-order valence-electron chi connectivity index (χ0n) is 14.8. The summed E-state index contributed by atoms with van der Waals surface area (Å²) < 4.78 is 27.3. The second-order valence-electron chi connectivity index (χ2n) is 6.23. The summed E-state index contributed by atoms with van der Waals surface area (Å²) in [5, 5.41) is 0.592. The standard InChI is InChI=1S/2C10H7BrFNO/c1-5-2-10(14)6-3-7(11)8(12)4-9(6)13-5;1-5-4-8(14)9-7(13-5)3-2-6(11)10(9)12/h2*2-4H,1H3,(H,13,14). The van der Waals surface area contributed by atoms with Crippen LogP contribution in [0.5, 0.6) is 0 Å². The second kappa shape index (κ2) is 7.97. The number of hydrogen-bond donors (Lipinski definition) is 2. The fraction of sp³-hybridized carbons (Fsp3) is 0.100. The number of halogens is 4. The van der Waals surface area contributed by atoms with Gasteiger partial charge in [0.2, 0.25) is 0 Å². The minimum Gasteiger partial charge on any atom is -0.358 e. The quantitative estimate of drug-likeness (QED) is 0.328. The first kappa shape index (κ1) is 20.4. The van der Waals surface area contributed by atoms with Gasteiger partial charge in [-0.3, -0.25) is 9.59 Å². The molecule has 4 nitrogen and oxygen atoms in total. The summed E-state index contributed by atoms with van der Waals surface area (Å²) in [4.78, 5) is 28.9. The lowest BCUT2D eigenvalue weighted by atomic mass is 10.2. The number of aryl methyl sites for hydroxylation is 2. The van der Waals surface area contributed by atoms with Gasteiger partial charge in [-0.2, -0.15) is 0 Å². The third-order valence-corrected chi connectivity index (χ3v) is 5.25. The van der Waals surface area contributed by atoms with E-state index in [1.54, 1.807) is 26.0 Å². The van der Waals surface area contributed by atoms with Gasteiger partial charge in [-0.25, -0.2) is 8.78 Å². The molecule has 0 amide bonds. The number of aromatic nitrogens is 2. The van der Waals surface area contributed by atoms with E-state index in [4.69, 9.17) is 0 Å². The van der Waals surface area contributed by atoms with Gasteiger partial charge >= 0.3 is 0 Å². The lowest BCUT2D eigenvalue weighted by Crippen LogP contribution is -2.05. The Morgan fingerprint density at radius 1 is 0.786 bits per heavy atom. The molecule has 0 bridgehead atoms. The van der Waals surface area contributed by atoms with E-state index in [-0.39, 0.29) is 22.1 Å². The molecule has 0 saturated heterocycles. The van der Waals surface area contributed by atoms with Crippen molar-refractivity contribution in [1.82, 2.24) is 9.97 Å². The molecule has 0 saturated carbocycles. The van der Waals surface area contributed by atoms with Crippen LogP contribution in [0.2, 0.25) is 0 Å². The predicted octanol–water partition coefficient (Wildman–Crippen LogP) is 5.48. The highest BCUT2D eigenvalue weighted by atomic mass is 79.9. The Kier molecular flexibility index (Phi) is 5.81. The molecule has 2 aromatic heterocycles. The third-order valence-electron chi connectivity index (χ3n) is 4.03. The van der Waals surface area contributed by atoms with E-state index in [1.807, 2.05) is 0 Å². The molecule has 0 unspecified atom stereocenters. The first-order valence-electron chi connectivity index (χ1n) is 8.13. The van der Waals surface area contributed by atoms with Crippen LogP contribution in [0.4, 0.5) is 8.78 Å². The summed E-state index contributed by atoms with van der Waals surface area (Å²) in [7, 11) is 0. The van der Waals surface area contributed by atoms with Crippen molar-refractivity contribution in [3.63, 3.8) is 0 Å². The molecule has 0 spiro atoms. The smallest absolute Gasteiger partial charge is 0.192 e. The molecule has 0 fully saturated rings. The molecule has 2 aromatic carbocycles. The Labute approximate surface area is 174 Å². The van der Waals surface area contributed by atoms with Gasteiger partial charge in [0.1, 0.15) is 5.82 Å². The second-order valence-corrected chi connectivity index (χ2v) is 7.94. The van der Waals surface area contributed by atoms with Crippen molar-refractivity contribution in [2.75, 3.05) is 0 Å². The van der Waals surface area contributed by atoms with Crippen LogP contribution in [0.25, 0.3) is 21.8 Å². The number of benzene rings is 2. The van der Waals surface area contributed by atoms with Crippen molar-refractivity contribution in [3.8, 4) is 0 Å². The van der Waals surface area contributed by atoms with E-state index >= 15 is 0 Å². The molecule has 0 aliphatic heterocycles. The monoisotopic (exact) mass is 510 g/mol. The highest BCUT2D eigenvalue weighted by Gasteiger charge is 2.09. The first-order chi connectivity index (χ1) is 13.2. The number of fused-ring (bicyclic) bond motifs is 2. The van der Waals surface area contributed by atoms with Crippen LogP contribution >= 0.6 is 31.9 Å². The van der Waals surface area contributed by atoms with Gasteiger partial charge in [-0.15, -0.1) is 0 Å². The van der Waals surface area contributed by atoms with Crippen LogP contribution in [-0.2, 0) is 0 Å². The molecule has 4 aromatic rings. The zero-order chi connectivity index (χ0) is 20.6. The molecular formula is C20H14Br2F2N2O2. The van der Waals surface area contributed by atoms with Crippen LogP contribution in [0.15, 0.2) is 54.9 Å². The maximum absolute atomic E-state index is 13.5. The minimum absolute atomic E-state index is 0.100. The molecule has 0 aliphatic carbocycles. The molecule has 0 radical (unpaired) electrons. The van der Waals surface area contributed by atoms with Crippen LogP contribution in [0.3, 0.4) is 0 Å². The van der Waals surface area contributed by atoms with E-state index in [1.165, 1.54) is 24.3 Å². The average Bonchev–Trinajstić information content (AvgIpc) is 2.60. The maximum atomic E-state index is 13.5. The summed E-state index contributed by atoms with van der Waals surface area (Å²) in [5.41, 5.74) is 2.10. The van der Waals surface area contributed by atoms with Gasteiger partial charge in [0.15, 0.2) is 16.7 Å². The van der Waals surface area contributed by atoms with Gasteiger partial charge in [0.25, 0.3) is 0 Å². The molecule has 4 rings (SSSR count). The van der Waals surface area contributed by atoms with Crippen molar-refractivity contribution in [3.05, 3.63) is 88.8 Å². The highest BCUT2D eigenvalue weighted by molar-refractivity contribution is 9.10. The lowest BCUT2D eigenvalue weighted by Gasteiger charge is -2.02. The van der Waals surface area contributed by atoms with Crippen molar-refractivity contribution in [2.24, 2.45) is 0 Å². The molecule has 144 valence electrons. The largest absolute Gasteiger partial charge is 0.358 e. The van der Waals surface area contributed by atoms with E-state index in [0.717, 1.165) is 11.4 Å². The Morgan fingerprint density at radius 3 is 2.07 bits per heavy atom. The van der Waals surface area contributed by atoms with Crippen molar-refractivity contribution >= 4 is 53.7 Å². The van der Waals surface area contributed by atoms with Gasteiger partial charge < -0.3 is 9.97 Å². The number of hydrogen-bond acceptors (Lipinski definition) is 2. The lowest BCUT2D eigenvalue weighted by molar-refractivity contribution is 0.622. The Morgan fingerprint density at radius 2 is 1.39 bits per heavy atom. The summed E-state index contributed by atoms with van der Waals surface area (Å²) in [6.07, 6.45) is 0. The van der Waals surface area contributed by atoms with Gasteiger partial charge in [0.05, 0.1) is 25.4 Å². The van der Waals surface area contributed by atoms with Crippen molar-refractivity contribution in [2.45, 2.75) is 13.8 Å². The summed E-state index contributed by atoms with van der Waals surface area (Å²) in [5.74, 6) is -0.887. The van der Waals surface area contributed by atoms with Crippen LogP contribution in [-0.4, -0.2) is 9.97 Å². The van der Waals surface area contributed by atoms with E-state index in [9.17, 15) is 18.4 Å². The molecule has 28 heavy (non-hydrogen) atoms. The molecular weight excluding hydrogens is 498 g/mol. The minimum atomic E-state index is -0.510. The average molecular weight is 512 g/mol. The Hall–Kier alpha value is -2.32. The van der Waals surface area contributed by atoms with Gasteiger partial charge in [-0.1, -0.05) is 0 Å². The molecule has 8 heteroatoms. The summed E-state index contributed by atoms with van der Waals surface area (Å²) in [6.45, 7) is 3.53. The van der Waals surface area contributed by atoms with Crippen molar-refractivity contribution < 1.29 is 8.78 Å². The van der Waals surface area contributed by atoms with Crippen molar-refractivity contribution in [1.29, 1.82) is 0 Å². The first-order valence-corrected chi connectivity index (χ1v) is 9.72. The molecule has 0 aliphatic rings. The van der Waals surface area contributed by atoms with Gasteiger partial charge in [0, 0.05) is 28.9 Å². The predicted molar refractivity (Wildman–Crippen MR) is 114 cm³/mol. The Bertz CT molecular complexity index is 1320. The highest BCUT2D eigenvalue weighted by Crippen LogP contribution is 2.21. The molecule has 2 heterocycles. The number of pyridine rings is 2. The normalized spacial score (nSPS) is 10.8. The zero-order valence-corrected chi connectivity index (χ0v) is 18.0. The number of aromatic amines is 2. The SMILES string of the molecule is Cc1cc(=O)c2c(F)c(Br)ccc2[nH]1.Cc1cc(=O)c2cc(Br)c(F)cc2[nH]1. The van der Waals surface area contributed by atoms with Crippen LogP contribution in [0.1, 0.15) is 11.4 Å². The third kappa shape index (κ3) is 4.07. The topological polar surface area (TPSA) is 65.7 Å². The number of H-pyrrole nitrogens is 2. The van der Waals surface area contributed by atoms with E-state index < -0.39 is 5.82 Å². The van der Waals surface area contributed by atoms with Crippen LogP contribution < -0.4 is 10.9 Å². The summed E-state index contributed by atoms with van der Waals surface area (Å²) >= 11 is 6.08. The fourth-order valence-electron chi connectivity index (χ4n) is 2.79. The van der Waals surface area contributed by atoms with E-state index in [0.29, 0.717) is 25.4 Å². The summed E-state index contributed by atoms with van der Waals surface area (Å²) in [6, 6.07) is 8.94.